The highest BCUT2D eigenvalue weighted by Crippen LogP contribution is 2.27. The molecule has 3 rings (SSSR count). The van der Waals surface area contributed by atoms with Gasteiger partial charge in [0.2, 0.25) is 0 Å². The number of imide groups is 2. The molecule has 1 aliphatic rings. The summed E-state index contributed by atoms with van der Waals surface area (Å²) in [5, 5.41) is 4.36. The average molecular weight is 357 g/mol. The molecule has 0 spiro atoms. The Bertz CT molecular complexity index is 856. The standard InChI is InChI=1S/C18H13ClN2O4/c19-14-9-12(8-13-16(22)20-18(24)21-17(13)23)6-7-15(14)25-10-11-4-2-1-3-5-11/h1-9H,10H2,(H2,20,21,22,23,24). The van der Waals surface area contributed by atoms with E-state index in [1.807, 2.05) is 41.0 Å². The van der Waals surface area contributed by atoms with Gasteiger partial charge in [-0.3, -0.25) is 20.2 Å². The largest absolute Gasteiger partial charge is 0.487 e. The molecule has 6 nitrogen and oxygen atoms in total. The minimum absolute atomic E-state index is 0.173. The van der Waals surface area contributed by atoms with Crippen LogP contribution in [0.1, 0.15) is 11.1 Å². The lowest BCUT2D eigenvalue weighted by molar-refractivity contribution is -0.123. The highest BCUT2D eigenvalue weighted by atomic mass is 35.5. The lowest BCUT2D eigenvalue weighted by atomic mass is 10.1. The van der Waals surface area contributed by atoms with Crippen LogP contribution in [-0.4, -0.2) is 17.8 Å². The van der Waals surface area contributed by atoms with Crippen LogP contribution >= 0.6 is 11.6 Å². The van der Waals surface area contributed by atoms with Crippen LogP contribution in [0.5, 0.6) is 5.75 Å². The molecule has 1 fully saturated rings. The van der Waals surface area contributed by atoms with Crippen molar-refractivity contribution < 1.29 is 19.1 Å². The maximum atomic E-state index is 11.7. The molecular weight excluding hydrogens is 344 g/mol. The van der Waals surface area contributed by atoms with Crippen LogP contribution in [0.15, 0.2) is 54.1 Å². The van der Waals surface area contributed by atoms with Crippen molar-refractivity contribution in [3.05, 3.63) is 70.3 Å². The summed E-state index contributed by atoms with van der Waals surface area (Å²) in [6.07, 6.45) is 1.35. The number of rotatable bonds is 4. The Morgan fingerprint density at radius 2 is 1.64 bits per heavy atom. The molecule has 0 aromatic heterocycles. The summed E-state index contributed by atoms with van der Waals surface area (Å²) >= 11 is 6.20. The maximum absolute atomic E-state index is 11.7. The molecule has 1 aliphatic heterocycles. The van der Waals surface area contributed by atoms with E-state index in [-0.39, 0.29) is 5.57 Å². The normalized spacial score (nSPS) is 14.0. The van der Waals surface area contributed by atoms with Crippen LogP contribution < -0.4 is 15.4 Å². The molecule has 0 aliphatic carbocycles. The first-order chi connectivity index (χ1) is 12.0. The predicted molar refractivity (Wildman–Crippen MR) is 91.9 cm³/mol. The van der Waals surface area contributed by atoms with Crippen molar-refractivity contribution in [1.82, 2.24) is 10.6 Å². The molecule has 0 unspecified atom stereocenters. The van der Waals surface area contributed by atoms with Crippen molar-refractivity contribution >= 4 is 35.5 Å². The molecular formula is C18H13ClN2O4. The fraction of sp³-hybridized carbons (Fsp3) is 0.0556. The van der Waals surface area contributed by atoms with E-state index in [0.29, 0.717) is 22.9 Å². The van der Waals surface area contributed by atoms with Crippen molar-refractivity contribution in [2.24, 2.45) is 0 Å². The van der Waals surface area contributed by atoms with Crippen LogP contribution in [0, 0.1) is 0 Å². The van der Waals surface area contributed by atoms with E-state index < -0.39 is 17.8 Å². The quantitative estimate of drug-likeness (QED) is 0.651. The number of ether oxygens (including phenoxy) is 1. The van der Waals surface area contributed by atoms with E-state index in [1.165, 1.54) is 6.08 Å². The fourth-order valence-corrected chi connectivity index (χ4v) is 2.48. The van der Waals surface area contributed by atoms with Crippen molar-refractivity contribution in [3.8, 4) is 5.75 Å². The Hall–Kier alpha value is -3.12. The zero-order chi connectivity index (χ0) is 17.8. The third-order valence-electron chi connectivity index (χ3n) is 3.45. The van der Waals surface area contributed by atoms with Crippen molar-refractivity contribution in [2.75, 3.05) is 0 Å². The molecule has 126 valence electrons. The van der Waals surface area contributed by atoms with Gasteiger partial charge < -0.3 is 4.74 Å². The maximum Gasteiger partial charge on any atom is 0.328 e. The molecule has 2 N–H and O–H groups in total. The molecule has 0 saturated carbocycles. The predicted octanol–water partition coefficient (Wildman–Crippen LogP) is 2.67. The van der Waals surface area contributed by atoms with E-state index in [0.717, 1.165) is 5.56 Å². The number of carbonyl (C=O) groups excluding carboxylic acids is 3. The number of hydrogen-bond acceptors (Lipinski definition) is 4. The Morgan fingerprint density at radius 3 is 2.28 bits per heavy atom. The second kappa shape index (κ2) is 7.19. The Morgan fingerprint density at radius 1 is 0.960 bits per heavy atom. The van der Waals surface area contributed by atoms with Gasteiger partial charge in [0.15, 0.2) is 0 Å². The smallest absolute Gasteiger partial charge is 0.328 e. The van der Waals surface area contributed by atoms with E-state index in [2.05, 4.69) is 0 Å². The number of urea groups is 1. The molecule has 0 bridgehead atoms. The highest BCUT2D eigenvalue weighted by Gasteiger charge is 2.27. The molecule has 7 heteroatoms. The van der Waals surface area contributed by atoms with Gasteiger partial charge in [0.05, 0.1) is 5.02 Å². The van der Waals surface area contributed by atoms with E-state index in [4.69, 9.17) is 16.3 Å². The summed E-state index contributed by atoms with van der Waals surface area (Å²) in [7, 11) is 0. The lowest BCUT2D eigenvalue weighted by Crippen LogP contribution is -2.51. The lowest BCUT2D eigenvalue weighted by Gasteiger charge is -2.14. The molecule has 2 aromatic carbocycles. The van der Waals surface area contributed by atoms with Gasteiger partial charge in [0.1, 0.15) is 17.9 Å². The SMILES string of the molecule is O=C1NC(=O)C(=Cc2ccc(OCc3ccccc3)c(Cl)c2)C(=O)N1. The summed E-state index contributed by atoms with van der Waals surface area (Å²) in [5.41, 5.74) is 1.37. The van der Waals surface area contributed by atoms with Crippen molar-refractivity contribution in [1.29, 1.82) is 0 Å². The number of amides is 4. The average Bonchev–Trinajstić information content (AvgIpc) is 2.58. The van der Waals surface area contributed by atoms with Crippen molar-refractivity contribution in [3.63, 3.8) is 0 Å². The van der Waals surface area contributed by atoms with Crippen LogP contribution in [-0.2, 0) is 16.2 Å². The minimum Gasteiger partial charge on any atom is -0.487 e. The third kappa shape index (κ3) is 4.05. The number of carbonyl (C=O) groups is 3. The monoisotopic (exact) mass is 356 g/mol. The van der Waals surface area contributed by atoms with Crippen molar-refractivity contribution in [2.45, 2.75) is 6.61 Å². The summed E-state index contributed by atoms with van der Waals surface area (Å²) in [5.74, 6) is -1.02. The van der Waals surface area contributed by atoms with Crippen LogP contribution in [0.4, 0.5) is 4.79 Å². The molecule has 1 heterocycles. The number of benzene rings is 2. The first kappa shape index (κ1) is 16.7. The number of barbiturate groups is 1. The zero-order valence-corrected chi connectivity index (χ0v) is 13.7. The Labute approximate surface area is 148 Å². The molecule has 0 atom stereocenters. The number of halogens is 1. The van der Waals surface area contributed by atoms with Crippen LogP contribution in [0.3, 0.4) is 0 Å². The number of hydrogen-bond donors (Lipinski definition) is 2. The van der Waals surface area contributed by atoms with E-state index in [1.54, 1.807) is 18.2 Å². The molecule has 1 saturated heterocycles. The van der Waals surface area contributed by atoms with Crippen LogP contribution in [0.2, 0.25) is 5.02 Å². The molecule has 2 aromatic rings. The molecule has 4 amide bonds. The Balaban J connectivity index is 1.75. The van der Waals surface area contributed by atoms with Gasteiger partial charge in [0.25, 0.3) is 11.8 Å². The van der Waals surface area contributed by atoms with E-state index >= 15 is 0 Å². The summed E-state index contributed by atoms with van der Waals surface area (Å²) in [6, 6.07) is 13.7. The zero-order valence-electron chi connectivity index (χ0n) is 12.9. The third-order valence-corrected chi connectivity index (χ3v) is 3.74. The minimum atomic E-state index is -0.838. The van der Waals surface area contributed by atoms with Gasteiger partial charge in [-0.25, -0.2) is 4.79 Å². The van der Waals surface area contributed by atoms with Gasteiger partial charge in [-0.15, -0.1) is 0 Å². The summed E-state index contributed by atoms with van der Waals surface area (Å²) in [6.45, 7) is 0.369. The van der Waals surface area contributed by atoms with Gasteiger partial charge in [-0.05, 0) is 29.3 Å². The first-order valence-corrected chi connectivity index (χ1v) is 7.75. The van der Waals surface area contributed by atoms with Crippen LogP contribution in [0.25, 0.3) is 6.08 Å². The Kier molecular flexibility index (Phi) is 4.81. The second-order valence-corrected chi connectivity index (χ2v) is 5.67. The first-order valence-electron chi connectivity index (χ1n) is 7.37. The number of nitrogens with one attached hydrogen (secondary N) is 2. The van der Waals surface area contributed by atoms with Gasteiger partial charge >= 0.3 is 6.03 Å². The van der Waals surface area contributed by atoms with Gasteiger partial charge in [0, 0.05) is 0 Å². The highest BCUT2D eigenvalue weighted by molar-refractivity contribution is 6.33. The fourth-order valence-electron chi connectivity index (χ4n) is 2.23. The topological polar surface area (TPSA) is 84.5 Å². The van der Waals surface area contributed by atoms with Gasteiger partial charge in [-0.2, -0.15) is 0 Å². The molecule has 25 heavy (non-hydrogen) atoms. The van der Waals surface area contributed by atoms with Gasteiger partial charge in [-0.1, -0.05) is 48.0 Å². The second-order valence-electron chi connectivity index (χ2n) is 5.26. The summed E-state index contributed by atoms with van der Waals surface area (Å²) in [4.78, 5) is 34.5. The van der Waals surface area contributed by atoms with E-state index in [9.17, 15) is 14.4 Å². The summed E-state index contributed by atoms with van der Waals surface area (Å²) < 4.78 is 5.67. The molecule has 0 radical (unpaired) electrons.